The van der Waals surface area contributed by atoms with Gasteiger partial charge in [0, 0.05) is 36.8 Å². The summed E-state index contributed by atoms with van der Waals surface area (Å²) in [5, 5.41) is 13.4. The van der Waals surface area contributed by atoms with Crippen LogP contribution < -0.4 is 10.6 Å². The predicted octanol–water partition coefficient (Wildman–Crippen LogP) is 1.53. The number of fused-ring (bicyclic) bond motifs is 1. The van der Waals surface area contributed by atoms with Crippen molar-refractivity contribution in [3.8, 4) is 0 Å². The molecule has 1 aromatic rings. The molecule has 1 aliphatic heterocycles. The first kappa shape index (κ1) is 13.8. The van der Waals surface area contributed by atoms with E-state index in [9.17, 15) is 4.79 Å². The molecule has 0 radical (unpaired) electrons. The molecule has 1 aromatic heterocycles. The Kier molecular flexibility index (Phi) is 4.74. The van der Waals surface area contributed by atoms with Crippen molar-refractivity contribution in [3.63, 3.8) is 0 Å². The molecular formula is C14H22N4O. The predicted molar refractivity (Wildman–Crippen MR) is 75.0 cm³/mol. The van der Waals surface area contributed by atoms with Crippen LogP contribution in [-0.2, 0) is 13.0 Å². The minimum atomic E-state index is -0.0766. The van der Waals surface area contributed by atoms with E-state index in [0.29, 0.717) is 5.69 Å². The summed E-state index contributed by atoms with van der Waals surface area (Å²) in [5.41, 5.74) is 2.64. The molecule has 0 fully saturated rings. The molecule has 2 rings (SSSR count). The number of aromatic nitrogens is 2. The number of hydrogen-bond donors (Lipinski definition) is 3. The number of hydrogen-bond acceptors (Lipinski definition) is 3. The molecule has 0 bridgehead atoms. The molecule has 1 unspecified atom stereocenters. The molecule has 0 aliphatic carbocycles. The maximum atomic E-state index is 12.2. The molecule has 1 atom stereocenters. The van der Waals surface area contributed by atoms with E-state index >= 15 is 0 Å². The summed E-state index contributed by atoms with van der Waals surface area (Å²) in [5.74, 6) is -0.0766. The maximum Gasteiger partial charge on any atom is 0.272 e. The first-order valence-electron chi connectivity index (χ1n) is 6.91. The molecule has 5 nitrogen and oxygen atoms in total. The zero-order valence-electron chi connectivity index (χ0n) is 11.5. The van der Waals surface area contributed by atoms with Crippen molar-refractivity contribution in [3.05, 3.63) is 29.6 Å². The third-order valence-corrected chi connectivity index (χ3v) is 3.44. The highest BCUT2D eigenvalue weighted by Crippen LogP contribution is 2.15. The molecule has 2 heterocycles. The Bertz CT molecular complexity index is 452. The van der Waals surface area contributed by atoms with Gasteiger partial charge in [-0.05, 0) is 26.2 Å². The number of H-pyrrole nitrogens is 1. The van der Waals surface area contributed by atoms with Crippen molar-refractivity contribution in [2.75, 3.05) is 6.54 Å². The average molecular weight is 262 g/mol. The zero-order valence-corrected chi connectivity index (χ0v) is 11.5. The molecule has 0 saturated heterocycles. The summed E-state index contributed by atoms with van der Waals surface area (Å²) < 4.78 is 0. The van der Waals surface area contributed by atoms with Crippen molar-refractivity contribution < 1.29 is 4.79 Å². The number of amides is 1. The Morgan fingerprint density at radius 1 is 1.63 bits per heavy atom. The van der Waals surface area contributed by atoms with E-state index in [1.54, 1.807) is 0 Å². The zero-order chi connectivity index (χ0) is 13.7. The number of nitrogens with zero attached hydrogens (tertiary/aromatic N) is 1. The summed E-state index contributed by atoms with van der Waals surface area (Å²) >= 11 is 0. The highest BCUT2D eigenvalue weighted by molar-refractivity contribution is 5.94. The van der Waals surface area contributed by atoms with Gasteiger partial charge in [-0.25, -0.2) is 0 Å². The molecule has 0 aromatic carbocycles. The molecule has 1 aliphatic rings. The lowest BCUT2D eigenvalue weighted by atomic mass is 10.1. The van der Waals surface area contributed by atoms with Gasteiger partial charge in [-0.15, -0.1) is 6.58 Å². The lowest BCUT2D eigenvalue weighted by Crippen LogP contribution is -2.34. The smallest absolute Gasteiger partial charge is 0.272 e. The van der Waals surface area contributed by atoms with Gasteiger partial charge >= 0.3 is 0 Å². The third-order valence-electron chi connectivity index (χ3n) is 3.44. The van der Waals surface area contributed by atoms with Crippen LogP contribution in [0.5, 0.6) is 0 Å². The number of carbonyl (C=O) groups is 1. The number of unbranched alkanes of at least 4 members (excludes halogenated alkanes) is 1. The third kappa shape index (κ3) is 3.44. The topological polar surface area (TPSA) is 69.8 Å². The number of nitrogens with one attached hydrogen (secondary N) is 3. The SMILES string of the molecule is C=CCCCC(C)NC(=O)c1n[nH]c2c1CNCC2. The van der Waals surface area contributed by atoms with Crippen LogP contribution in [0.3, 0.4) is 0 Å². The van der Waals surface area contributed by atoms with Crippen LogP contribution in [-0.4, -0.2) is 28.7 Å². The monoisotopic (exact) mass is 262 g/mol. The Labute approximate surface area is 113 Å². The normalized spacial score (nSPS) is 15.6. The number of aromatic amines is 1. The van der Waals surface area contributed by atoms with Gasteiger partial charge in [-0.1, -0.05) is 6.08 Å². The second kappa shape index (κ2) is 6.52. The molecular weight excluding hydrogens is 240 g/mol. The van der Waals surface area contributed by atoms with Gasteiger partial charge in [0.05, 0.1) is 0 Å². The fourth-order valence-corrected chi connectivity index (χ4v) is 2.35. The molecule has 104 valence electrons. The Balaban J connectivity index is 1.92. The van der Waals surface area contributed by atoms with Gasteiger partial charge in [0.15, 0.2) is 5.69 Å². The van der Waals surface area contributed by atoms with Crippen molar-refractivity contribution in [1.29, 1.82) is 0 Å². The van der Waals surface area contributed by atoms with Gasteiger partial charge in [0.2, 0.25) is 0 Å². The second-order valence-corrected chi connectivity index (χ2v) is 5.05. The van der Waals surface area contributed by atoms with Crippen LogP contribution in [0, 0.1) is 0 Å². The van der Waals surface area contributed by atoms with Crippen LogP contribution in [0.25, 0.3) is 0 Å². The summed E-state index contributed by atoms with van der Waals surface area (Å²) in [6, 6.07) is 0.163. The van der Waals surface area contributed by atoms with Crippen LogP contribution in [0.15, 0.2) is 12.7 Å². The van der Waals surface area contributed by atoms with Crippen LogP contribution in [0.4, 0.5) is 0 Å². The second-order valence-electron chi connectivity index (χ2n) is 5.05. The minimum Gasteiger partial charge on any atom is -0.348 e. The summed E-state index contributed by atoms with van der Waals surface area (Å²) in [6.07, 6.45) is 5.81. The first-order chi connectivity index (χ1) is 9.22. The van der Waals surface area contributed by atoms with Crippen LogP contribution >= 0.6 is 0 Å². The van der Waals surface area contributed by atoms with Crippen molar-refractivity contribution in [2.45, 2.75) is 45.2 Å². The van der Waals surface area contributed by atoms with Gasteiger partial charge in [0.25, 0.3) is 5.91 Å². The first-order valence-corrected chi connectivity index (χ1v) is 6.91. The molecule has 1 amide bonds. The van der Waals surface area contributed by atoms with Crippen LogP contribution in [0.2, 0.25) is 0 Å². The lowest BCUT2D eigenvalue weighted by Gasteiger charge is -2.15. The van der Waals surface area contributed by atoms with E-state index < -0.39 is 0 Å². The van der Waals surface area contributed by atoms with E-state index in [1.165, 1.54) is 0 Å². The van der Waals surface area contributed by atoms with Gasteiger partial charge in [-0.3, -0.25) is 9.89 Å². The van der Waals surface area contributed by atoms with E-state index in [2.05, 4.69) is 27.4 Å². The largest absolute Gasteiger partial charge is 0.348 e. The van der Waals surface area contributed by atoms with E-state index in [0.717, 1.165) is 50.0 Å². The fourth-order valence-electron chi connectivity index (χ4n) is 2.35. The lowest BCUT2D eigenvalue weighted by molar-refractivity contribution is 0.0932. The van der Waals surface area contributed by atoms with Gasteiger partial charge in [-0.2, -0.15) is 5.10 Å². The van der Waals surface area contributed by atoms with Crippen LogP contribution in [0.1, 0.15) is 47.9 Å². The minimum absolute atomic E-state index is 0.0766. The molecule has 5 heteroatoms. The summed E-state index contributed by atoms with van der Waals surface area (Å²) in [7, 11) is 0. The van der Waals surface area contributed by atoms with Crippen molar-refractivity contribution in [2.24, 2.45) is 0 Å². The number of allylic oxidation sites excluding steroid dienone is 1. The number of carbonyl (C=O) groups excluding carboxylic acids is 1. The number of rotatable bonds is 6. The molecule has 3 N–H and O–H groups in total. The van der Waals surface area contributed by atoms with Gasteiger partial charge in [0.1, 0.15) is 0 Å². The van der Waals surface area contributed by atoms with E-state index in [-0.39, 0.29) is 11.9 Å². The van der Waals surface area contributed by atoms with Gasteiger partial charge < -0.3 is 10.6 Å². The molecule has 0 saturated carbocycles. The quantitative estimate of drug-likeness (QED) is 0.538. The summed E-state index contributed by atoms with van der Waals surface area (Å²) in [4.78, 5) is 12.2. The Morgan fingerprint density at radius 3 is 3.26 bits per heavy atom. The maximum absolute atomic E-state index is 12.2. The molecule has 19 heavy (non-hydrogen) atoms. The van der Waals surface area contributed by atoms with Crippen molar-refractivity contribution in [1.82, 2.24) is 20.8 Å². The molecule has 0 spiro atoms. The van der Waals surface area contributed by atoms with E-state index in [1.807, 2.05) is 13.0 Å². The summed E-state index contributed by atoms with van der Waals surface area (Å²) in [6.45, 7) is 7.39. The highest BCUT2D eigenvalue weighted by Gasteiger charge is 2.22. The van der Waals surface area contributed by atoms with Crippen molar-refractivity contribution >= 4 is 5.91 Å². The fraction of sp³-hybridized carbons (Fsp3) is 0.571. The van der Waals surface area contributed by atoms with E-state index in [4.69, 9.17) is 0 Å². The highest BCUT2D eigenvalue weighted by atomic mass is 16.2. The standard InChI is InChI=1S/C14H22N4O/c1-3-4-5-6-10(2)16-14(19)13-11-9-15-8-7-12(11)17-18-13/h3,10,15H,1,4-9H2,2H3,(H,16,19)(H,17,18). The Morgan fingerprint density at radius 2 is 2.47 bits per heavy atom. The Hall–Kier alpha value is -1.62. The average Bonchev–Trinajstić information content (AvgIpc) is 2.83.